The Hall–Kier alpha value is -2.66. The zero-order chi connectivity index (χ0) is 18.5. The minimum atomic E-state index is 0.459. The third-order valence-electron chi connectivity index (χ3n) is 4.04. The molecule has 3 rings (SSSR count). The van der Waals surface area contributed by atoms with E-state index in [-0.39, 0.29) is 0 Å². The highest BCUT2D eigenvalue weighted by molar-refractivity contribution is 7.08. The van der Waals surface area contributed by atoms with E-state index in [1.807, 2.05) is 31.2 Å². The van der Waals surface area contributed by atoms with Crippen molar-refractivity contribution in [2.45, 2.75) is 27.4 Å². The van der Waals surface area contributed by atoms with E-state index in [1.54, 1.807) is 7.11 Å². The smallest absolute Gasteiger partial charge is 0.129 e. The van der Waals surface area contributed by atoms with Gasteiger partial charge in [0.05, 0.1) is 10.6 Å². The van der Waals surface area contributed by atoms with Crippen LogP contribution in [0.2, 0.25) is 0 Å². The number of benzene rings is 2. The number of hydrogen-bond donors (Lipinski definition) is 0. The summed E-state index contributed by atoms with van der Waals surface area (Å²) in [7, 11) is 1.56. The number of aromatic nitrogens is 1. The Balaban J connectivity index is 1.92. The number of rotatable bonds is 6. The van der Waals surface area contributed by atoms with Gasteiger partial charge in [0.1, 0.15) is 25.2 Å². The topological polar surface area (TPSA) is 43.7 Å². The van der Waals surface area contributed by atoms with Crippen LogP contribution in [0.4, 0.5) is 0 Å². The maximum atomic E-state index is 6.11. The number of hydrogen-bond acceptors (Lipinski definition) is 5. The van der Waals surface area contributed by atoms with Gasteiger partial charge in [-0.3, -0.25) is 0 Å². The second-order valence-electron chi connectivity index (χ2n) is 6.17. The molecular formula is C21H22N2O2S. The van der Waals surface area contributed by atoms with Gasteiger partial charge in [0.2, 0.25) is 0 Å². The molecule has 1 aromatic heterocycles. The van der Waals surface area contributed by atoms with Crippen molar-refractivity contribution in [1.29, 1.82) is 0 Å². The molecule has 26 heavy (non-hydrogen) atoms. The normalized spacial score (nSPS) is 11.5. The van der Waals surface area contributed by atoms with E-state index in [4.69, 9.17) is 9.57 Å². The van der Waals surface area contributed by atoms with Crippen LogP contribution in [0.5, 0.6) is 5.75 Å². The number of nitrogens with zero attached hydrogens (tertiary/aromatic N) is 2. The summed E-state index contributed by atoms with van der Waals surface area (Å²) in [6.07, 6.45) is 0. The summed E-state index contributed by atoms with van der Waals surface area (Å²) in [4.78, 5) is 6.08. The SMILES string of the molecule is CO/N=C(/c1cc(C)ns1)c1ccccc1COc1cc(C)ccc1C. The number of oxime groups is 1. The Morgan fingerprint density at radius 2 is 1.88 bits per heavy atom. The van der Waals surface area contributed by atoms with Crippen molar-refractivity contribution >= 4 is 17.2 Å². The molecule has 134 valence electrons. The Morgan fingerprint density at radius 1 is 1.08 bits per heavy atom. The third kappa shape index (κ3) is 4.11. The molecule has 0 radical (unpaired) electrons. The molecule has 3 aromatic rings. The second kappa shape index (κ2) is 8.15. The van der Waals surface area contributed by atoms with Gasteiger partial charge in [0, 0.05) is 5.56 Å². The summed E-state index contributed by atoms with van der Waals surface area (Å²) in [6, 6.07) is 16.3. The van der Waals surface area contributed by atoms with Gasteiger partial charge in [-0.05, 0) is 61.1 Å². The van der Waals surface area contributed by atoms with Crippen LogP contribution in [0.3, 0.4) is 0 Å². The highest BCUT2D eigenvalue weighted by atomic mass is 32.1. The Bertz CT molecular complexity index is 931. The second-order valence-corrected chi connectivity index (χ2v) is 6.97. The Morgan fingerprint density at radius 3 is 2.62 bits per heavy atom. The summed E-state index contributed by atoms with van der Waals surface area (Å²) < 4.78 is 10.5. The van der Waals surface area contributed by atoms with Crippen molar-refractivity contribution in [1.82, 2.24) is 4.37 Å². The summed E-state index contributed by atoms with van der Waals surface area (Å²) in [5, 5.41) is 4.26. The van der Waals surface area contributed by atoms with Crippen LogP contribution < -0.4 is 4.74 Å². The Kier molecular flexibility index (Phi) is 5.68. The third-order valence-corrected chi connectivity index (χ3v) is 4.93. The minimum Gasteiger partial charge on any atom is -0.489 e. The van der Waals surface area contributed by atoms with Crippen LogP contribution in [0.1, 0.15) is 32.8 Å². The molecule has 0 unspecified atom stereocenters. The van der Waals surface area contributed by atoms with Crippen molar-refractivity contribution in [2.75, 3.05) is 7.11 Å². The first kappa shape index (κ1) is 18.1. The Labute approximate surface area is 158 Å². The van der Waals surface area contributed by atoms with E-state index >= 15 is 0 Å². The molecule has 0 fully saturated rings. The number of ether oxygens (including phenoxy) is 1. The fourth-order valence-electron chi connectivity index (χ4n) is 2.69. The summed E-state index contributed by atoms with van der Waals surface area (Å²) in [5.74, 6) is 0.902. The summed E-state index contributed by atoms with van der Waals surface area (Å²) >= 11 is 1.42. The maximum absolute atomic E-state index is 6.11. The lowest BCUT2D eigenvalue weighted by Crippen LogP contribution is -2.08. The molecule has 0 saturated carbocycles. The van der Waals surface area contributed by atoms with Crippen molar-refractivity contribution in [3.63, 3.8) is 0 Å². The van der Waals surface area contributed by atoms with Crippen molar-refractivity contribution in [3.8, 4) is 5.75 Å². The van der Waals surface area contributed by atoms with Gasteiger partial charge in [0.25, 0.3) is 0 Å². The summed E-state index contributed by atoms with van der Waals surface area (Å²) in [6.45, 7) is 6.55. The van der Waals surface area contributed by atoms with E-state index in [0.29, 0.717) is 6.61 Å². The lowest BCUT2D eigenvalue weighted by atomic mass is 10.0. The first-order valence-corrected chi connectivity index (χ1v) is 9.19. The van der Waals surface area contributed by atoms with Crippen LogP contribution in [-0.4, -0.2) is 17.2 Å². The van der Waals surface area contributed by atoms with Crippen molar-refractivity contribution < 1.29 is 9.57 Å². The van der Waals surface area contributed by atoms with Gasteiger partial charge in [0.15, 0.2) is 0 Å². The van der Waals surface area contributed by atoms with Gasteiger partial charge in [-0.1, -0.05) is 41.6 Å². The zero-order valence-corrected chi connectivity index (χ0v) is 16.3. The first-order chi connectivity index (χ1) is 12.6. The fourth-order valence-corrected chi connectivity index (χ4v) is 3.44. The standard InChI is InChI=1S/C21H22N2O2S/c1-14-9-10-15(2)19(11-14)25-13-17-7-5-6-8-18(17)21(22-24-4)20-12-16(3)23-26-20/h5-12H,13H2,1-4H3/b22-21+. The van der Waals surface area contributed by atoms with E-state index in [9.17, 15) is 0 Å². The molecule has 0 atom stereocenters. The van der Waals surface area contributed by atoms with Crippen LogP contribution >= 0.6 is 11.5 Å². The van der Waals surface area contributed by atoms with E-state index in [2.05, 4.69) is 47.6 Å². The maximum Gasteiger partial charge on any atom is 0.129 e. The fraction of sp³-hybridized carbons (Fsp3) is 0.238. The molecule has 0 bridgehead atoms. The van der Waals surface area contributed by atoms with Crippen molar-refractivity contribution in [3.05, 3.63) is 81.4 Å². The minimum absolute atomic E-state index is 0.459. The van der Waals surface area contributed by atoms with E-state index in [0.717, 1.165) is 38.7 Å². The molecule has 0 aliphatic heterocycles. The van der Waals surface area contributed by atoms with Gasteiger partial charge in [-0.2, -0.15) is 4.37 Å². The van der Waals surface area contributed by atoms with E-state index < -0.39 is 0 Å². The first-order valence-electron chi connectivity index (χ1n) is 8.41. The van der Waals surface area contributed by atoms with Gasteiger partial charge >= 0.3 is 0 Å². The number of aryl methyl sites for hydroxylation is 3. The van der Waals surface area contributed by atoms with Gasteiger partial charge in [-0.15, -0.1) is 0 Å². The molecule has 0 aliphatic rings. The molecule has 0 N–H and O–H groups in total. The van der Waals surface area contributed by atoms with Crippen molar-refractivity contribution in [2.24, 2.45) is 5.16 Å². The molecular weight excluding hydrogens is 344 g/mol. The molecule has 0 spiro atoms. The molecule has 0 amide bonds. The largest absolute Gasteiger partial charge is 0.489 e. The van der Waals surface area contributed by atoms with Crippen LogP contribution in [0.25, 0.3) is 0 Å². The predicted molar refractivity (Wildman–Crippen MR) is 106 cm³/mol. The average Bonchev–Trinajstić information content (AvgIpc) is 3.07. The quantitative estimate of drug-likeness (QED) is 0.453. The van der Waals surface area contributed by atoms with Crippen LogP contribution in [0.15, 0.2) is 53.7 Å². The molecule has 0 aliphatic carbocycles. The summed E-state index contributed by atoms with van der Waals surface area (Å²) in [5.41, 5.74) is 6.09. The lowest BCUT2D eigenvalue weighted by molar-refractivity contribution is 0.214. The lowest BCUT2D eigenvalue weighted by Gasteiger charge is -2.13. The van der Waals surface area contributed by atoms with Crippen LogP contribution in [0, 0.1) is 20.8 Å². The predicted octanol–water partition coefficient (Wildman–Crippen LogP) is 5.05. The zero-order valence-electron chi connectivity index (χ0n) is 15.4. The molecule has 4 nitrogen and oxygen atoms in total. The molecule has 5 heteroatoms. The molecule has 2 aromatic carbocycles. The monoisotopic (exact) mass is 366 g/mol. The molecule has 0 saturated heterocycles. The van der Waals surface area contributed by atoms with Crippen LogP contribution in [-0.2, 0) is 11.4 Å². The highest BCUT2D eigenvalue weighted by Gasteiger charge is 2.15. The van der Waals surface area contributed by atoms with E-state index in [1.165, 1.54) is 17.1 Å². The van der Waals surface area contributed by atoms with Gasteiger partial charge < -0.3 is 9.57 Å². The average molecular weight is 366 g/mol. The highest BCUT2D eigenvalue weighted by Crippen LogP contribution is 2.23. The van der Waals surface area contributed by atoms with Gasteiger partial charge in [-0.25, -0.2) is 0 Å². The molecule has 1 heterocycles.